The second kappa shape index (κ2) is 7.60. The molecule has 0 saturated heterocycles. The van der Waals surface area contributed by atoms with Crippen molar-refractivity contribution >= 4 is 11.7 Å². The molecule has 7 nitrogen and oxygen atoms in total. The fourth-order valence-corrected chi connectivity index (χ4v) is 2.50. The monoisotopic (exact) mass is 350 g/mol. The molecule has 0 fully saturated rings. The lowest BCUT2D eigenvalue weighted by Crippen LogP contribution is -2.27. The van der Waals surface area contributed by atoms with Crippen molar-refractivity contribution in [1.29, 1.82) is 0 Å². The molecule has 3 aromatic rings. The maximum Gasteiger partial charge on any atom is 0.254 e. The van der Waals surface area contributed by atoms with E-state index in [2.05, 4.69) is 15.3 Å². The zero-order valence-electron chi connectivity index (χ0n) is 14.5. The number of ether oxygens (including phenoxy) is 1. The van der Waals surface area contributed by atoms with Gasteiger partial charge in [0.15, 0.2) is 0 Å². The Bertz CT molecular complexity index is 998. The van der Waals surface area contributed by atoms with Gasteiger partial charge in [-0.1, -0.05) is 18.2 Å². The van der Waals surface area contributed by atoms with Gasteiger partial charge in [-0.3, -0.25) is 14.2 Å². The Labute approximate surface area is 150 Å². The Morgan fingerprint density at radius 2 is 2.00 bits per heavy atom. The van der Waals surface area contributed by atoms with Gasteiger partial charge in [0, 0.05) is 17.3 Å². The maximum absolute atomic E-state index is 12.3. The predicted molar refractivity (Wildman–Crippen MR) is 98.1 cm³/mol. The molecule has 0 atom stereocenters. The van der Waals surface area contributed by atoms with Crippen LogP contribution >= 0.6 is 0 Å². The fraction of sp³-hybridized carbons (Fsp3) is 0.158. The molecule has 0 unspecified atom stereocenters. The Kier molecular flexibility index (Phi) is 5.07. The molecule has 26 heavy (non-hydrogen) atoms. The number of carbonyl (C=O) groups excluding carboxylic acids is 1. The van der Waals surface area contributed by atoms with E-state index < -0.39 is 0 Å². The van der Waals surface area contributed by atoms with E-state index in [0.717, 1.165) is 5.69 Å². The minimum Gasteiger partial charge on any atom is -0.496 e. The van der Waals surface area contributed by atoms with Gasteiger partial charge in [0.25, 0.3) is 5.56 Å². The third-order valence-corrected chi connectivity index (χ3v) is 3.73. The van der Waals surface area contributed by atoms with Crippen molar-refractivity contribution in [3.05, 3.63) is 70.9 Å². The number of hydrogen-bond donors (Lipinski definition) is 1. The number of anilines is 1. The highest BCUT2D eigenvalue weighted by Gasteiger charge is 2.10. The van der Waals surface area contributed by atoms with E-state index in [1.165, 1.54) is 17.0 Å². The van der Waals surface area contributed by atoms with Gasteiger partial charge >= 0.3 is 0 Å². The number of nitrogens with zero attached hydrogens (tertiary/aromatic N) is 3. The predicted octanol–water partition coefficient (Wildman–Crippen LogP) is 2.26. The number of hydrogen-bond acceptors (Lipinski definition) is 5. The van der Waals surface area contributed by atoms with Crippen molar-refractivity contribution in [2.45, 2.75) is 13.5 Å². The number of aryl methyl sites for hydroxylation is 1. The second-order valence-electron chi connectivity index (χ2n) is 5.65. The van der Waals surface area contributed by atoms with Crippen LogP contribution in [0.1, 0.15) is 5.69 Å². The SMILES string of the molecule is COc1ccccc1-c1cc(=O)n(CC(=O)Nc2cccc(C)n2)cn1. The largest absolute Gasteiger partial charge is 0.496 e. The van der Waals surface area contributed by atoms with E-state index in [4.69, 9.17) is 4.74 Å². The number of nitrogens with one attached hydrogen (secondary N) is 1. The molecule has 7 heteroatoms. The summed E-state index contributed by atoms with van der Waals surface area (Å²) in [5.41, 5.74) is 1.67. The standard InChI is InChI=1S/C19H18N4O3/c1-13-6-5-9-17(21-13)22-18(24)11-23-12-20-15(10-19(23)25)14-7-3-4-8-16(14)26-2/h3-10,12H,11H2,1-2H3,(H,21,22,24). The van der Waals surface area contributed by atoms with Gasteiger partial charge in [0.2, 0.25) is 5.91 Å². The van der Waals surface area contributed by atoms with Crippen molar-refractivity contribution < 1.29 is 9.53 Å². The molecular formula is C19H18N4O3. The van der Waals surface area contributed by atoms with E-state index in [1.807, 2.05) is 31.2 Å². The van der Waals surface area contributed by atoms with E-state index in [-0.39, 0.29) is 18.0 Å². The molecule has 0 spiro atoms. The smallest absolute Gasteiger partial charge is 0.254 e. The molecule has 2 aromatic heterocycles. The highest BCUT2D eigenvalue weighted by atomic mass is 16.5. The lowest BCUT2D eigenvalue weighted by Gasteiger charge is -2.09. The molecule has 132 valence electrons. The van der Waals surface area contributed by atoms with E-state index in [1.54, 1.807) is 25.3 Å². The van der Waals surface area contributed by atoms with Gasteiger partial charge < -0.3 is 10.1 Å². The van der Waals surface area contributed by atoms with Gasteiger partial charge in [0.1, 0.15) is 18.1 Å². The van der Waals surface area contributed by atoms with Crippen LogP contribution in [0.4, 0.5) is 5.82 Å². The highest BCUT2D eigenvalue weighted by molar-refractivity contribution is 5.89. The number of benzene rings is 1. The molecule has 0 bridgehead atoms. The van der Waals surface area contributed by atoms with Crippen molar-refractivity contribution in [2.75, 3.05) is 12.4 Å². The van der Waals surface area contributed by atoms with Crippen LogP contribution < -0.4 is 15.6 Å². The lowest BCUT2D eigenvalue weighted by atomic mass is 10.1. The van der Waals surface area contributed by atoms with Crippen LogP contribution in [0.15, 0.2) is 59.7 Å². The van der Waals surface area contributed by atoms with E-state index in [0.29, 0.717) is 22.8 Å². The maximum atomic E-state index is 12.3. The molecule has 3 rings (SSSR count). The van der Waals surface area contributed by atoms with Gasteiger partial charge in [-0.25, -0.2) is 9.97 Å². The normalized spacial score (nSPS) is 10.4. The van der Waals surface area contributed by atoms with Gasteiger partial charge in [0.05, 0.1) is 19.1 Å². The van der Waals surface area contributed by atoms with Crippen LogP contribution in [0.25, 0.3) is 11.3 Å². The third-order valence-electron chi connectivity index (χ3n) is 3.73. The van der Waals surface area contributed by atoms with Gasteiger partial charge in [-0.15, -0.1) is 0 Å². The third kappa shape index (κ3) is 3.94. The quantitative estimate of drug-likeness (QED) is 0.763. The molecular weight excluding hydrogens is 332 g/mol. The molecule has 0 aliphatic heterocycles. The molecule has 0 aliphatic rings. The van der Waals surface area contributed by atoms with Crippen LogP contribution in [0.2, 0.25) is 0 Å². The molecule has 0 aliphatic carbocycles. The molecule has 1 aromatic carbocycles. The summed E-state index contributed by atoms with van der Waals surface area (Å²) in [5, 5.41) is 2.67. The number of amides is 1. The van der Waals surface area contributed by atoms with Gasteiger partial charge in [-0.05, 0) is 31.2 Å². The minimum absolute atomic E-state index is 0.145. The summed E-state index contributed by atoms with van der Waals surface area (Å²) in [5.74, 6) is 0.721. The molecule has 0 radical (unpaired) electrons. The van der Waals surface area contributed by atoms with Crippen LogP contribution in [-0.2, 0) is 11.3 Å². The Hall–Kier alpha value is -3.48. The average Bonchev–Trinajstić information content (AvgIpc) is 2.63. The van der Waals surface area contributed by atoms with Crippen LogP contribution in [0, 0.1) is 6.92 Å². The van der Waals surface area contributed by atoms with E-state index >= 15 is 0 Å². The van der Waals surface area contributed by atoms with Crippen LogP contribution in [-0.4, -0.2) is 27.6 Å². The van der Waals surface area contributed by atoms with Crippen LogP contribution in [0.3, 0.4) is 0 Å². The Morgan fingerprint density at radius 3 is 2.73 bits per heavy atom. The highest BCUT2D eigenvalue weighted by Crippen LogP contribution is 2.26. The number of pyridine rings is 1. The van der Waals surface area contributed by atoms with Crippen molar-refractivity contribution in [1.82, 2.24) is 14.5 Å². The number of para-hydroxylation sites is 1. The fourth-order valence-electron chi connectivity index (χ4n) is 2.50. The summed E-state index contributed by atoms with van der Waals surface area (Å²) >= 11 is 0. The van der Waals surface area contributed by atoms with Crippen molar-refractivity contribution in [3.63, 3.8) is 0 Å². The number of carbonyl (C=O) groups is 1. The Balaban J connectivity index is 1.78. The second-order valence-corrected chi connectivity index (χ2v) is 5.65. The summed E-state index contributed by atoms with van der Waals surface area (Å²) in [7, 11) is 1.56. The lowest BCUT2D eigenvalue weighted by molar-refractivity contribution is -0.116. The van der Waals surface area contributed by atoms with Crippen molar-refractivity contribution in [3.8, 4) is 17.0 Å². The first-order valence-corrected chi connectivity index (χ1v) is 8.00. The number of rotatable bonds is 5. The molecule has 0 saturated carbocycles. The number of aromatic nitrogens is 3. The first kappa shape index (κ1) is 17.3. The zero-order valence-corrected chi connectivity index (χ0v) is 14.5. The van der Waals surface area contributed by atoms with Crippen LogP contribution in [0.5, 0.6) is 5.75 Å². The molecule has 1 amide bonds. The minimum atomic E-state index is -0.350. The zero-order chi connectivity index (χ0) is 18.5. The van der Waals surface area contributed by atoms with Gasteiger partial charge in [-0.2, -0.15) is 0 Å². The number of methoxy groups -OCH3 is 1. The summed E-state index contributed by atoms with van der Waals surface area (Å²) in [4.78, 5) is 33.0. The first-order chi connectivity index (χ1) is 12.6. The molecule has 2 heterocycles. The average molecular weight is 350 g/mol. The Morgan fingerprint density at radius 1 is 1.19 bits per heavy atom. The van der Waals surface area contributed by atoms with E-state index in [9.17, 15) is 9.59 Å². The summed E-state index contributed by atoms with van der Waals surface area (Å²) in [6.07, 6.45) is 1.35. The summed E-state index contributed by atoms with van der Waals surface area (Å²) in [6, 6.07) is 14.0. The van der Waals surface area contributed by atoms with Crippen molar-refractivity contribution in [2.24, 2.45) is 0 Å². The summed E-state index contributed by atoms with van der Waals surface area (Å²) in [6.45, 7) is 1.69. The topological polar surface area (TPSA) is 86.1 Å². The first-order valence-electron chi connectivity index (χ1n) is 8.00. The summed E-state index contributed by atoms with van der Waals surface area (Å²) < 4.78 is 6.53. The molecule has 1 N–H and O–H groups in total.